The van der Waals surface area contributed by atoms with Gasteiger partial charge in [0.05, 0.1) is 11.5 Å². The van der Waals surface area contributed by atoms with E-state index in [1.165, 1.54) is 6.07 Å². The van der Waals surface area contributed by atoms with Gasteiger partial charge in [-0.15, -0.1) is 0 Å². The van der Waals surface area contributed by atoms with Crippen molar-refractivity contribution in [3.05, 3.63) is 64.2 Å². The van der Waals surface area contributed by atoms with Crippen molar-refractivity contribution in [1.29, 1.82) is 0 Å². The van der Waals surface area contributed by atoms with Gasteiger partial charge in [0.2, 0.25) is 0 Å². The highest BCUT2D eigenvalue weighted by Crippen LogP contribution is 2.45. The molecule has 1 spiro atoms. The van der Waals surface area contributed by atoms with Crippen LogP contribution in [0.5, 0.6) is 5.75 Å². The number of hydrogen-bond acceptors (Lipinski definition) is 3. The molecular formula is C29H34F3NO3. The number of nitrogens with zero attached hydrogens (tertiary/aromatic N) is 1. The Kier molecular flexibility index (Phi) is 6.56. The molecule has 194 valence electrons. The summed E-state index contributed by atoms with van der Waals surface area (Å²) in [6.07, 6.45) is 1.49. The van der Waals surface area contributed by atoms with Crippen LogP contribution in [0.4, 0.5) is 13.2 Å². The van der Waals surface area contributed by atoms with E-state index in [9.17, 15) is 23.1 Å². The maximum absolute atomic E-state index is 13.8. The molecule has 1 unspecified atom stereocenters. The molecule has 2 aromatic rings. The molecule has 0 aromatic heterocycles. The number of alkyl halides is 3. The Morgan fingerprint density at radius 2 is 1.83 bits per heavy atom. The first-order valence-electron chi connectivity index (χ1n) is 13.0. The van der Waals surface area contributed by atoms with E-state index in [2.05, 4.69) is 4.90 Å². The lowest BCUT2D eigenvalue weighted by Gasteiger charge is -2.46. The molecule has 1 saturated heterocycles. The fraction of sp³-hybridized carbons (Fsp3) is 0.552. The van der Waals surface area contributed by atoms with Gasteiger partial charge in [0.25, 0.3) is 0 Å². The molecule has 1 N–H and O–H groups in total. The average Bonchev–Trinajstić information content (AvgIpc) is 3.68. The third-order valence-electron chi connectivity index (χ3n) is 8.41. The number of carboxylic acid groups (broad SMARTS) is 1. The van der Waals surface area contributed by atoms with E-state index in [4.69, 9.17) is 4.74 Å². The number of aliphatic carboxylic acids is 1. The summed E-state index contributed by atoms with van der Waals surface area (Å²) in [6, 6.07) is 10.4. The van der Waals surface area contributed by atoms with Crippen LogP contribution in [0.2, 0.25) is 0 Å². The lowest BCUT2D eigenvalue weighted by Crippen LogP contribution is -2.50. The van der Waals surface area contributed by atoms with E-state index in [-0.39, 0.29) is 11.6 Å². The summed E-state index contributed by atoms with van der Waals surface area (Å²) < 4.78 is 48.1. The number of likely N-dealkylation sites (tertiary alicyclic amines) is 1. The molecule has 1 aliphatic carbocycles. The molecule has 1 saturated carbocycles. The Balaban J connectivity index is 1.29. The summed E-state index contributed by atoms with van der Waals surface area (Å²) in [7, 11) is 0. The number of carbonyl (C=O) groups is 1. The number of halogens is 3. The van der Waals surface area contributed by atoms with Crippen LogP contribution in [0, 0.1) is 5.92 Å². The van der Waals surface area contributed by atoms with Crippen LogP contribution in [-0.2, 0) is 23.8 Å². The summed E-state index contributed by atoms with van der Waals surface area (Å²) >= 11 is 0. The maximum Gasteiger partial charge on any atom is 0.416 e. The molecule has 0 amide bonds. The summed E-state index contributed by atoms with van der Waals surface area (Å²) in [5, 5.41) is 9.24. The standard InChI is InChI=1S/C29H34F3NO3/c1-18(27(34)35)15-20-3-4-22-9-10-28(36-26(22)16-20)11-13-33(14-12-28)19(2)24-17-23(21-5-6-21)7-8-25(24)29(30,31)32/h3-4,7-8,16-19,21H,5-6,9-15H2,1-2H3,(H,34,35)/t18-,19?/m0/s1. The van der Waals surface area contributed by atoms with E-state index in [0.29, 0.717) is 31.0 Å². The van der Waals surface area contributed by atoms with Crippen molar-refractivity contribution in [1.82, 2.24) is 4.90 Å². The van der Waals surface area contributed by atoms with Crippen molar-refractivity contribution in [2.45, 2.75) is 82.5 Å². The number of carboxylic acids is 1. The van der Waals surface area contributed by atoms with Crippen LogP contribution in [0.3, 0.4) is 0 Å². The molecule has 2 aromatic carbocycles. The van der Waals surface area contributed by atoms with Crippen LogP contribution in [-0.4, -0.2) is 34.7 Å². The normalized spacial score (nSPS) is 21.5. The molecule has 4 nitrogen and oxygen atoms in total. The second-order valence-corrected chi connectivity index (χ2v) is 11.0. The minimum atomic E-state index is -4.37. The smallest absolute Gasteiger partial charge is 0.416 e. The number of fused-ring (bicyclic) bond motifs is 1. The molecule has 3 aliphatic rings. The largest absolute Gasteiger partial charge is 0.487 e. The molecule has 0 bridgehead atoms. The lowest BCUT2D eigenvalue weighted by molar-refractivity contribution is -0.141. The number of hydrogen-bond donors (Lipinski definition) is 1. The molecule has 36 heavy (non-hydrogen) atoms. The Hall–Kier alpha value is -2.54. The van der Waals surface area contributed by atoms with Crippen LogP contribution in [0.15, 0.2) is 36.4 Å². The lowest BCUT2D eigenvalue weighted by atomic mass is 9.82. The van der Waals surface area contributed by atoms with E-state index < -0.39 is 23.6 Å². The Bertz CT molecular complexity index is 1130. The number of benzene rings is 2. The molecule has 2 atom stereocenters. The van der Waals surface area contributed by atoms with Crippen molar-refractivity contribution < 1.29 is 27.8 Å². The zero-order valence-electron chi connectivity index (χ0n) is 20.9. The average molecular weight is 502 g/mol. The summed E-state index contributed by atoms with van der Waals surface area (Å²) in [5.74, 6) is -0.0513. The van der Waals surface area contributed by atoms with Crippen molar-refractivity contribution >= 4 is 5.97 Å². The zero-order chi connectivity index (χ0) is 25.7. The highest BCUT2D eigenvalue weighted by Gasteiger charge is 2.42. The molecule has 2 heterocycles. The van der Waals surface area contributed by atoms with Gasteiger partial charge in [-0.3, -0.25) is 9.69 Å². The van der Waals surface area contributed by atoms with Gasteiger partial charge in [-0.25, -0.2) is 0 Å². The van der Waals surface area contributed by atoms with Crippen LogP contribution in [0.1, 0.15) is 85.7 Å². The van der Waals surface area contributed by atoms with Gasteiger partial charge in [0.1, 0.15) is 11.4 Å². The van der Waals surface area contributed by atoms with Gasteiger partial charge in [-0.2, -0.15) is 13.2 Å². The van der Waals surface area contributed by atoms with E-state index in [1.54, 1.807) is 19.1 Å². The topological polar surface area (TPSA) is 49.8 Å². The minimum absolute atomic E-state index is 0.316. The Labute approximate surface area is 210 Å². The third-order valence-corrected chi connectivity index (χ3v) is 8.41. The number of ether oxygens (including phenoxy) is 1. The van der Waals surface area contributed by atoms with Gasteiger partial charge in [0.15, 0.2) is 0 Å². The van der Waals surface area contributed by atoms with Gasteiger partial charge in [-0.1, -0.05) is 31.2 Å². The summed E-state index contributed by atoms with van der Waals surface area (Å²) in [6.45, 7) is 4.95. The minimum Gasteiger partial charge on any atom is -0.487 e. The summed E-state index contributed by atoms with van der Waals surface area (Å²) in [4.78, 5) is 13.4. The first-order valence-corrected chi connectivity index (χ1v) is 13.0. The maximum atomic E-state index is 13.8. The van der Waals surface area contributed by atoms with Crippen molar-refractivity contribution in [2.75, 3.05) is 13.1 Å². The van der Waals surface area contributed by atoms with Gasteiger partial charge in [0, 0.05) is 19.1 Å². The molecule has 0 radical (unpaired) electrons. The predicted molar refractivity (Wildman–Crippen MR) is 131 cm³/mol. The summed E-state index contributed by atoms with van der Waals surface area (Å²) in [5.41, 5.74) is 2.65. The SMILES string of the molecule is CC(c1cc(C2CC2)ccc1C(F)(F)F)N1CCC2(CCc3ccc(C[C@H](C)C(=O)O)cc3O2)CC1. The van der Waals surface area contributed by atoms with Gasteiger partial charge < -0.3 is 9.84 Å². The number of aryl methyl sites for hydroxylation is 1. The van der Waals surface area contributed by atoms with Crippen molar-refractivity contribution in [2.24, 2.45) is 5.92 Å². The first kappa shape index (κ1) is 25.1. The second-order valence-electron chi connectivity index (χ2n) is 11.0. The first-order chi connectivity index (χ1) is 17.0. The quantitative estimate of drug-likeness (QED) is 0.475. The fourth-order valence-electron chi connectivity index (χ4n) is 5.84. The third kappa shape index (κ3) is 5.13. The van der Waals surface area contributed by atoms with Crippen LogP contribution < -0.4 is 4.74 Å². The van der Waals surface area contributed by atoms with E-state index >= 15 is 0 Å². The van der Waals surface area contributed by atoms with E-state index in [1.807, 2.05) is 25.1 Å². The highest BCUT2D eigenvalue weighted by atomic mass is 19.4. The number of rotatable bonds is 6. The Morgan fingerprint density at radius 1 is 1.11 bits per heavy atom. The Morgan fingerprint density at radius 3 is 2.47 bits per heavy atom. The second kappa shape index (κ2) is 9.40. The fourth-order valence-corrected chi connectivity index (χ4v) is 5.84. The van der Waals surface area contributed by atoms with Gasteiger partial charge in [-0.05, 0) is 92.2 Å². The zero-order valence-corrected chi connectivity index (χ0v) is 20.9. The van der Waals surface area contributed by atoms with E-state index in [0.717, 1.165) is 61.0 Å². The van der Waals surface area contributed by atoms with Gasteiger partial charge >= 0.3 is 12.1 Å². The molecule has 2 aliphatic heterocycles. The van der Waals surface area contributed by atoms with Crippen molar-refractivity contribution in [3.8, 4) is 5.75 Å². The van der Waals surface area contributed by atoms with Crippen molar-refractivity contribution in [3.63, 3.8) is 0 Å². The number of piperidine rings is 1. The predicted octanol–water partition coefficient (Wildman–Crippen LogP) is 6.77. The molecule has 7 heteroatoms. The molecule has 5 rings (SSSR count). The van der Waals surface area contributed by atoms with Crippen LogP contribution in [0.25, 0.3) is 0 Å². The van der Waals surface area contributed by atoms with Crippen LogP contribution >= 0.6 is 0 Å². The molecule has 2 fully saturated rings. The highest BCUT2D eigenvalue weighted by molar-refractivity contribution is 5.70. The monoisotopic (exact) mass is 501 g/mol. The molecular weight excluding hydrogens is 467 g/mol.